The van der Waals surface area contributed by atoms with Crippen LogP contribution in [0.1, 0.15) is 31.7 Å². The maximum atomic E-state index is 13.9. The summed E-state index contributed by atoms with van der Waals surface area (Å²) in [5, 5.41) is 14.0. The number of nitrogens with one attached hydrogen (secondary N) is 2. The van der Waals surface area contributed by atoms with E-state index < -0.39 is 11.1 Å². The zero-order chi connectivity index (χ0) is 23.1. The topological polar surface area (TPSA) is 88.9 Å². The molecule has 0 saturated carbocycles. The number of para-hydroxylation sites is 2. The minimum absolute atomic E-state index is 0.0634. The van der Waals surface area contributed by atoms with Crippen molar-refractivity contribution in [1.29, 1.82) is 0 Å². The van der Waals surface area contributed by atoms with E-state index in [9.17, 15) is 14.0 Å². The van der Waals surface area contributed by atoms with Gasteiger partial charge in [0, 0.05) is 12.2 Å². The molecule has 1 heterocycles. The van der Waals surface area contributed by atoms with E-state index in [1.54, 1.807) is 12.1 Å². The molecule has 0 saturated heterocycles. The van der Waals surface area contributed by atoms with Gasteiger partial charge in [-0.2, -0.15) is 0 Å². The zero-order valence-electron chi connectivity index (χ0n) is 18.3. The first-order valence-corrected chi connectivity index (χ1v) is 11.3. The Morgan fingerprint density at radius 1 is 1.03 bits per heavy atom. The van der Waals surface area contributed by atoms with E-state index in [-0.39, 0.29) is 23.9 Å². The monoisotopic (exact) mass is 455 g/mol. The molecule has 3 rings (SSSR count). The van der Waals surface area contributed by atoms with E-state index in [0.717, 1.165) is 11.3 Å². The van der Waals surface area contributed by atoms with Crippen LogP contribution < -0.4 is 10.6 Å². The molecule has 1 aromatic heterocycles. The molecule has 0 aliphatic carbocycles. The van der Waals surface area contributed by atoms with E-state index >= 15 is 0 Å². The highest BCUT2D eigenvalue weighted by atomic mass is 32.2. The van der Waals surface area contributed by atoms with Crippen LogP contribution in [0, 0.1) is 12.7 Å². The van der Waals surface area contributed by atoms with E-state index in [0.29, 0.717) is 23.9 Å². The van der Waals surface area contributed by atoms with Crippen LogP contribution in [0.25, 0.3) is 0 Å². The molecule has 0 spiro atoms. The Balaban J connectivity index is 1.69. The van der Waals surface area contributed by atoms with Crippen molar-refractivity contribution in [3.8, 4) is 0 Å². The summed E-state index contributed by atoms with van der Waals surface area (Å²) in [6, 6.07) is 13.6. The standard InChI is InChI=1S/C23H26FN5O2S/c1-4-19(22(31)26-18-13-9-7-11-16(18)24)32-23-28-27-20(29(23)5-2)14-21(30)25-17-12-8-6-10-15(17)3/h6-13,19H,4-5,14H2,1-3H3,(H,25,30)(H,26,31). The first-order valence-electron chi connectivity index (χ1n) is 10.4. The molecule has 168 valence electrons. The number of thioether (sulfide) groups is 1. The maximum Gasteiger partial charge on any atom is 0.238 e. The minimum Gasteiger partial charge on any atom is -0.325 e. The maximum absolute atomic E-state index is 13.9. The molecule has 0 bridgehead atoms. The number of halogens is 1. The quantitative estimate of drug-likeness (QED) is 0.466. The Hall–Kier alpha value is -3.20. The van der Waals surface area contributed by atoms with E-state index in [1.165, 1.54) is 23.9 Å². The van der Waals surface area contributed by atoms with Crippen molar-refractivity contribution in [2.24, 2.45) is 0 Å². The molecule has 9 heteroatoms. The van der Waals surface area contributed by atoms with Crippen LogP contribution in [-0.2, 0) is 22.6 Å². The molecule has 0 aliphatic heterocycles. The average Bonchev–Trinajstić information content (AvgIpc) is 3.16. The van der Waals surface area contributed by atoms with E-state index in [2.05, 4.69) is 20.8 Å². The third-order valence-electron chi connectivity index (χ3n) is 4.89. The lowest BCUT2D eigenvalue weighted by Gasteiger charge is -2.15. The van der Waals surface area contributed by atoms with Crippen molar-refractivity contribution in [2.75, 3.05) is 10.6 Å². The number of rotatable bonds is 9. The van der Waals surface area contributed by atoms with Crippen LogP contribution in [0.5, 0.6) is 0 Å². The second-order valence-corrected chi connectivity index (χ2v) is 8.34. The van der Waals surface area contributed by atoms with Crippen LogP contribution in [0.3, 0.4) is 0 Å². The molecule has 2 amide bonds. The van der Waals surface area contributed by atoms with Crippen molar-refractivity contribution in [3.63, 3.8) is 0 Å². The van der Waals surface area contributed by atoms with Crippen LogP contribution in [-0.4, -0.2) is 31.8 Å². The van der Waals surface area contributed by atoms with Gasteiger partial charge >= 0.3 is 0 Å². The number of carbonyl (C=O) groups is 2. The van der Waals surface area contributed by atoms with Gasteiger partial charge in [0.25, 0.3) is 0 Å². The Labute approximate surface area is 190 Å². The summed E-state index contributed by atoms with van der Waals surface area (Å²) in [5.74, 6) is -0.473. The summed E-state index contributed by atoms with van der Waals surface area (Å²) in [4.78, 5) is 25.2. The summed E-state index contributed by atoms with van der Waals surface area (Å²) in [7, 11) is 0. The fourth-order valence-electron chi connectivity index (χ4n) is 3.13. The lowest BCUT2D eigenvalue weighted by molar-refractivity contribution is -0.116. The summed E-state index contributed by atoms with van der Waals surface area (Å²) in [6.45, 7) is 6.28. The van der Waals surface area contributed by atoms with Gasteiger partial charge in [-0.25, -0.2) is 4.39 Å². The van der Waals surface area contributed by atoms with Crippen molar-refractivity contribution < 1.29 is 14.0 Å². The largest absolute Gasteiger partial charge is 0.325 e. The van der Waals surface area contributed by atoms with Gasteiger partial charge in [-0.3, -0.25) is 9.59 Å². The average molecular weight is 456 g/mol. The SMILES string of the molecule is CCC(Sc1nnc(CC(=O)Nc2ccccc2C)n1CC)C(=O)Nc1ccccc1F. The summed E-state index contributed by atoms with van der Waals surface area (Å²) >= 11 is 1.25. The van der Waals surface area contributed by atoms with Crippen LogP contribution >= 0.6 is 11.8 Å². The molecule has 0 aliphatic rings. The van der Waals surface area contributed by atoms with Crippen molar-refractivity contribution in [3.05, 3.63) is 65.7 Å². The van der Waals surface area contributed by atoms with E-state index in [4.69, 9.17) is 0 Å². The van der Waals surface area contributed by atoms with Crippen LogP contribution in [0.4, 0.5) is 15.8 Å². The van der Waals surface area contributed by atoms with Gasteiger partial charge in [0.15, 0.2) is 5.16 Å². The number of amides is 2. The number of aromatic nitrogens is 3. The molecule has 0 fully saturated rings. The van der Waals surface area contributed by atoms with E-state index in [1.807, 2.05) is 49.6 Å². The number of carbonyl (C=O) groups excluding carboxylic acids is 2. The Morgan fingerprint density at radius 2 is 1.72 bits per heavy atom. The number of benzene rings is 2. The van der Waals surface area contributed by atoms with Crippen molar-refractivity contribution in [1.82, 2.24) is 14.8 Å². The van der Waals surface area contributed by atoms with Gasteiger partial charge in [-0.1, -0.05) is 49.0 Å². The number of hydrogen-bond donors (Lipinski definition) is 2. The van der Waals surface area contributed by atoms with Gasteiger partial charge in [0.05, 0.1) is 17.4 Å². The molecular formula is C23H26FN5O2S. The number of hydrogen-bond acceptors (Lipinski definition) is 5. The molecular weight excluding hydrogens is 429 g/mol. The highest BCUT2D eigenvalue weighted by Gasteiger charge is 2.23. The normalized spacial score (nSPS) is 11.8. The fraction of sp³-hybridized carbons (Fsp3) is 0.304. The number of anilines is 2. The smallest absolute Gasteiger partial charge is 0.238 e. The van der Waals surface area contributed by atoms with Crippen molar-refractivity contribution >= 4 is 35.0 Å². The summed E-state index contributed by atoms with van der Waals surface area (Å²) < 4.78 is 15.7. The molecule has 2 aromatic carbocycles. The third kappa shape index (κ3) is 5.73. The summed E-state index contributed by atoms with van der Waals surface area (Å²) in [5.41, 5.74) is 1.87. The molecule has 1 unspecified atom stereocenters. The number of aryl methyl sites for hydroxylation is 1. The van der Waals surface area contributed by atoms with Gasteiger partial charge in [-0.05, 0) is 44.0 Å². The first kappa shape index (κ1) is 23.5. The highest BCUT2D eigenvalue weighted by molar-refractivity contribution is 8.00. The predicted octanol–water partition coefficient (Wildman–Crippen LogP) is 4.44. The highest BCUT2D eigenvalue weighted by Crippen LogP contribution is 2.26. The molecule has 2 N–H and O–H groups in total. The lowest BCUT2D eigenvalue weighted by Crippen LogP contribution is -2.25. The second-order valence-electron chi connectivity index (χ2n) is 7.17. The molecule has 1 atom stereocenters. The Bertz CT molecular complexity index is 1100. The summed E-state index contributed by atoms with van der Waals surface area (Å²) in [6.07, 6.45) is 0.582. The van der Waals surface area contributed by atoms with Gasteiger partial charge in [0.2, 0.25) is 11.8 Å². The van der Waals surface area contributed by atoms with Crippen LogP contribution in [0.2, 0.25) is 0 Å². The number of nitrogens with zero attached hydrogens (tertiary/aromatic N) is 3. The fourth-order valence-corrected chi connectivity index (χ4v) is 4.17. The molecule has 32 heavy (non-hydrogen) atoms. The molecule has 7 nitrogen and oxygen atoms in total. The van der Waals surface area contributed by atoms with Crippen LogP contribution in [0.15, 0.2) is 53.7 Å². The zero-order valence-corrected chi connectivity index (χ0v) is 19.1. The second kappa shape index (κ2) is 10.9. The third-order valence-corrected chi connectivity index (χ3v) is 6.23. The molecule has 3 aromatic rings. The van der Waals surface area contributed by atoms with Gasteiger partial charge in [0.1, 0.15) is 11.6 Å². The molecule has 0 radical (unpaired) electrons. The Kier molecular flexibility index (Phi) is 7.99. The first-order chi connectivity index (χ1) is 15.4. The van der Waals surface area contributed by atoms with Crippen molar-refractivity contribution in [2.45, 2.75) is 50.6 Å². The minimum atomic E-state index is -0.488. The van der Waals surface area contributed by atoms with Gasteiger partial charge in [-0.15, -0.1) is 10.2 Å². The predicted molar refractivity (Wildman–Crippen MR) is 124 cm³/mol. The lowest BCUT2D eigenvalue weighted by atomic mass is 10.2. The Morgan fingerprint density at radius 3 is 2.38 bits per heavy atom. The van der Waals surface area contributed by atoms with Gasteiger partial charge < -0.3 is 15.2 Å².